The molecule has 0 aliphatic carbocycles. The molecule has 7 heteroatoms. The Labute approximate surface area is 181 Å². The summed E-state index contributed by atoms with van der Waals surface area (Å²) >= 11 is 6.10. The minimum absolute atomic E-state index is 0.0319. The van der Waals surface area contributed by atoms with E-state index in [9.17, 15) is 4.79 Å². The lowest BCUT2D eigenvalue weighted by Gasteiger charge is -2.15. The van der Waals surface area contributed by atoms with E-state index in [-0.39, 0.29) is 5.78 Å². The predicted octanol–water partition coefficient (Wildman–Crippen LogP) is 4.16. The van der Waals surface area contributed by atoms with Gasteiger partial charge in [0.15, 0.2) is 5.78 Å². The zero-order valence-electron chi connectivity index (χ0n) is 16.8. The minimum Gasteiger partial charge on any atom is -0.476 e. The van der Waals surface area contributed by atoms with Crippen LogP contribution in [-0.4, -0.2) is 46.9 Å². The van der Waals surface area contributed by atoms with Gasteiger partial charge in [-0.3, -0.25) is 9.69 Å². The number of Topliss-reactive ketones (excluding diaryl/α,β-unsaturated/α-hetero) is 1. The summed E-state index contributed by atoms with van der Waals surface area (Å²) in [6.07, 6.45) is 6.64. The normalized spacial score (nSPS) is 14.3. The molecule has 3 aromatic rings. The van der Waals surface area contributed by atoms with Crippen LogP contribution in [0.1, 0.15) is 35.2 Å². The molecule has 156 valence electrons. The molecule has 3 heterocycles. The average Bonchev–Trinajstić information content (AvgIpc) is 3.26. The van der Waals surface area contributed by atoms with Gasteiger partial charge < -0.3 is 10.5 Å². The van der Waals surface area contributed by atoms with Crippen molar-refractivity contribution in [3.8, 4) is 5.88 Å². The molecule has 1 saturated heterocycles. The summed E-state index contributed by atoms with van der Waals surface area (Å²) in [7, 11) is 0. The quantitative estimate of drug-likeness (QED) is 0.547. The third kappa shape index (κ3) is 4.89. The molecule has 0 amide bonds. The monoisotopic (exact) mass is 424 g/mol. The third-order valence-electron chi connectivity index (χ3n) is 5.46. The molecule has 4 rings (SSSR count). The average molecular weight is 425 g/mol. The summed E-state index contributed by atoms with van der Waals surface area (Å²) in [5, 5.41) is 2.36. The van der Waals surface area contributed by atoms with Crippen molar-refractivity contribution in [2.75, 3.05) is 32.0 Å². The first-order valence-corrected chi connectivity index (χ1v) is 10.6. The SMILES string of the molecule is Nc1nccc2cc(CCC(=O)c3cc(Cl)cnc3OCCN3CCCC3)ccc12. The van der Waals surface area contributed by atoms with E-state index in [0.717, 1.165) is 36.0 Å². The van der Waals surface area contributed by atoms with E-state index in [4.69, 9.17) is 22.1 Å². The van der Waals surface area contributed by atoms with Gasteiger partial charge in [-0.15, -0.1) is 0 Å². The number of nitrogens with two attached hydrogens (primary N) is 1. The van der Waals surface area contributed by atoms with Gasteiger partial charge in [-0.1, -0.05) is 29.8 Å². The first-order chi connectivity index (χ1) is 14.6. The second kappa shape index (κ2) is 9.41. The Morgan fingerprint density at radius 3 is 2.83 bits per heavy atom. The lowest BCUT2D eigenvalue weighted by atomic mass is 10.0. The van der Waals surface area contributed by atoms with Crippen LogP contribution in [0.2, 0.25) is 5.02 Å². The lowest BCUT2D eigenvalue weighted by Crippen LogP contribution is -2.25. The number of nitrogens with zero attached hydrogens (tertiary/aromatic N) is 3. The van der Waals surface area contributed by atoms with Crippen molar-refractivity contribution < 1.29 is 9.53 Å². The van der Waals surface area contributed by atoms with Crippen molar-refractivity contribution in [1.29, 1.82) is 0 Å². The summed E-state index contributed by atoms with van der Waals surface area (Å²) in [5.41, 5.74) is 7.42. The Kier molecular flexibility index (Phi) is 6.45. The van der Waals surface area contributed by atoms with Crippen molar-refractivity contribution in [2.24, 2.45) is 0 Å². The topological polar surface area (TPSA) is 81.3 Å². The number of hydrogen-bond acceptors (Lipinski definition) is 6. The number of aromatic nitrogens is 2. The van der Waals surface area contributed by atoms with Crippen LogP contribution in [0.5, 0.6) is 5.88 Å². The highest BCUT2D eigenvalue weighted by molar-refractivity contribution is 6.30. The first-order valence-electron chi connectivity index (χ1n) is 10.3. The molecule has 0 bridgehead atoms. The summed E-state index contributed by atoms with van der Waals surface area (Å²) in [6, 6.07) is 9.55. The molecule has 2 N–H and O–H groups in total. The van der Waals surface area contributed by atoms with Gasteiger partial charge in [0.1, 0.15) is 12.4 Å². The second-order valence-corrected chi connectivity index (χ2v) is 8.01. The van der Waals surface area contributed by atoms with Crippen LogP contribution in [0.15, 0.2) is 42.7 Å². The molecule has 1 aromatic carbocycles. The van der Waals surface area contributed by atoms with E-state index >= 15 is 0 Å². The number of likely N-dealkylation sites (tertiary alicyclic amines) is 1. The van der Waals surface area contributed by atoms with Gasteiger partial charge in [-0.05, 0) is 55.4 Å². The molecule has 1 fully saturated rings. The summed E-state index contributed by atoms with van der Waals surface area (Å²) < 4.78 is 5.84. The number of hydrogen-bond donors (Lipinski definition) is 1. The highest BCUT2D eigenvalue weighted by atomic mass is 35.5. The van der Waals surface area contributed by atoms with Crippen LogP contribution in [0.25, 0.3) is 10.8 Å². The minimum atomic E-state index is -0.0319. The molecule has 6 nitrogen and oxygen atoms in total. The zero-order chi connectivity index (χ0) is 20.9. The van der Waals surface area contributed by atoms with Gasteiger partial charge in [0.05, 0.1) is 10.6 Å². The number of carbonyl (C=O) groups excluding carboxylic acids is 1. The van der Waals surface area contributed by atoms with E-state index in [1.54, 1.807) is 12.3 Å². The first kappa shape index (κ1) is 20.6. The smallest absolute Gasteiger partial charge is 0.224 e. The summed E-state index contributed by atoms with van der Waals surface area (Å²) in [4.78, 5) is 23.6. The molecule has 1 aliphatic heterocycles. The van der Waals surface area contributed by atoms with Gasteiger partial charge in [-0.25, -0.2) is 9.97 Å². The van der Waals surface area contributed by atoms with Gasteiger partial charge in [0.25, 0.3) is 0 Å². The maximum absolute atomic E-state index is 12.9. The highest BCUT2D eigenvalue weighted by Crippen LogP contribution is 2.24. The molecule has 0 unspecified atom stereocenters. The van der Waals surface area contributed by atoms with Crippen molar-refractivity contribution in [2.45, 2.75) is 25.7 Å². The predicted molar refractivity (Wildman–Crippen MR) is 119 cm³/mol. The third-order valence-corrected chi connectivity index (χ3v) is 5.67. The van der Waals surface area contributed by atoms with Crippen molar-refractivity contribution in [3.05, 3.63) is 58.9 Å². The zero-order valence-corrected chi connectivity index (χ0v) is 17.6. The Balaban J connectivity index is 1.41. The Morgan fingerprint density at radius 2 is 2.00 bits per heavy atom. The van der Waals surface area contributed by atoms with Crippen molar-refractivity contribution in [3.63, 3.8) is 0 Å². The van der Waals surface area contributed by atoms with Gasteiger partial charge in [0, 0.05) is 30.7 Å². The van der Waals surface area contributed by atoms with E-state index < -0.39 is 0 Å². The summed E-state index contributed by atoms with van der Waals surface area (Å²) in [6.45, 7) is 3.56. The highest BCUT2D eigenvalue weighted by Gasteiger charge is 2.17. The fraction of sp³-hybridized carbons (Fsp3) is 0.348. The molecule has 30 heavy (non-hydrogen) atoms. The fourth-order valence-electron chi connectivity index (χ4n) is 3.82. The Bertz CT molecular complexity index is 1050. The number of halogens is 1. The molecule has 1 aliphatic rings. The number of fused-ring (bicyclic) bond motifs is 1. The Morgan fingerprint density at radius 1 is 1.17 bits per heavy atom. The van der Waals surface area contributed by atoms with E-state index in [0.29, 0.717) is 41.7 Å². The van der Waals surface area contributed by atoms with Gasteiger partial charge >= 0.3 is 0 Å². The van der Waals surface area contributed by atoms with Gasteiger partial charge in [-0.2, -0.15) is 0 Å². The number of ether oxygens (including phenoxy) is 1. The van der Waals surface area contributed by atoms with Crippen LogP contribution < -0.4 is 10.5 Å². The van der Waals surface area contributed by atoms with E-state index in [2.05, 4.69) is 14.9 Å². The number of ketones is 1. The Hall–Kier alpha value is -2.70. The largest absolute Gasteiger partial charge is 0.476 e. The lowest BCUT2D eigenvalue weighted by molar-refractivity contribution is 0.0977. The van der Waals surface area contributed by atoms with E-state index in [1.807, 2.05) is 24.3 Å². The number of aryl methyl sites for hydroxylation is 1. The van der Waals surface area contributed by atoms with Crippen LogP contribution in [0, 0.1) is 0 Å². The number of pyridine rings is 2. The number of nitrogen functional groups attached to an aromatic ring is 1. The van der Waals surface area contributed by atoms with E-state index in [1.165, 1.54) is 19.0 Å². The maximum Gasteiger partial charge on any atom is 0.224 e. The molecule has 0 saturated carbocycles. The summed E-state index contributed by atoms with van der Waals surface area (Å²) in [5.74, 6) is 0.840. The van der Waals surface area contributed by atoms with Crippen molar-refractivity contribution >= 4 is 34.0 Å². The van der Waals surface area contributed by atoms with Crippen LogP contribution in [0.3, 0.4) is 0 Å². The molecular formula is C23H25ClN4O2. The molecule has 0 atom stereocenters. The standard InChI is InChI=1S/C23H25ClN4O2/c24-18-14-20(23(27-15-18)30-12-11-28-9-1-2-10-28)21(29)6-4-16-3-5-19-17(13-16)7-8-26-22(19)25/h3,5,7-8,13-15H,1-2,4,6,9-12H2,(H2,25,26). The molecule has 0 spiro atoms. The number of anilines is 1. The van der Waals surface area contributed by atoms with Crippen LogP contribution >= 0.6 is 11.6 Å². The van der Waals surface area contributed by atoms with Crippen LogP contribution in [-0.2, 0) is 6.42 Å². The molecule has 2 aromatic heterocycles. The fourth-order valence-corrected chi connectivity index (χ4v) is 3.98. The van der Waals surface area contributed by atoms with Crippen molar-refractivity contribution in [1.82, 2.24) is 14.9 Å². The molecular weight excluding hydrogens is 400 g/mol. The number of benzene rings is 1. The molecule has 0 radical (unpaired) electrons. The number of rotatable bonds is 8. The van der Waals surface area contributed by atoms with Crippen LogP contribution in [0.4, 0.5) is 5.82 Å². The maximum atomic E-state index is 12.9. The van der Waals surface area contributed by atoms with Gasteiger partial charge in [0.2, 0.25) is 5.88 Å². The second-order valence-electron chi connectivity index (χ2n) is 7.58. The number of carbonyl (C=O) groups is 1.